The van der Waals surface area contributed by atoms with Crippen LogP contribution in [0.2, 0.25) is 0 Å². The quantitative estimate of drug-likeness (QED) is 0.193. The van der Waals surface area contributed by atoms with E-state index in [0.717, 1.165) is 72.3 Å². The number of aromatic nitrogens is 1. The van der Waals surface area contributed by atoms with Crippen molar-refractivity contribution in [1.29, 1.82) is 0 Å². The third-order valence-electron chi connectivity index (χ3n) is 15.5. The molecule has 2 bridgehead atoms. The van der Waals surface area contributed by atoms with E-state index in [9.17, 15) is 14.7 Å². The minimum Gasteiger partial charge on any atom is -0.496 e. The molecule has 1 saturated carbocycles. The number of anilines is 1. The molecule has 0 amide bonds. The van der Waals surface area contributed by atoms with Crippen LogP contribution in [0.1, 0.15) is 75.3 Å². The summed E-state index contributed by atoms with van der Waals surface area (Å²) in [6, 6.07) is 11.3. The molecule has 12 heteroatoms. The van der Waals surface area contributed by atoms with Gasteiger partial charge in [-0.15, -0.1) is 0 Å². The SMILES string of the molecule is CC[C@@H]1C[C@H]2CN(CCc3c([nH]c4ccccc34)[C@](C(=O)OC)(c3cc4c(cc3OC)N(C)[C@@H]3[C@](O)(C(=O)OC)[C@H](OC(C)=O)[C@]5(CC)C=CCN6CC[C@@]43[C@@H]65)C2)C1. The van der Waals surface area contributed by atoms with Gasteiger partial charge in [0, 0.05) is 90.9 Å². The van der Waals surface area contributed by atoms with E-state index in [2.05, 4.69) is 58.1 Å². The van der Waals surface area contributed by atoms with Gasteiger partial charge in [0.25, 0.3) is 0 Å². The van der Waals surface area contributed by atoms with E-state index in [1.807, 2.05) is 31.0 Å². The van der Waals surface area contributed by atoms with E-state index < -0.39 is 45.9 Å². The predicted octanol–water partition coefficient (Wildman–Crippen LogP) is 4.88. The average Bonchev–Trinajstić information content (AvgIpc) is 3.89. The number of carbonyl (C=O) groups is 3. The maximum Gasteiger partial charge on any atom is 0.344 e. The second-order valence-electron chi connectivity index (χ2n) is 18.0. The number of likely N-dealkylation sites (N-methyl/N-ethyl adjacent to an activating group) is 1. The second-order valence-corrected chi connectivity index (χ2v) is 18.0. The zero-order valence-corrected chi connectivity index (χ0v) is 34.9. The highest BCUT2D eigenvalue weighted by Crippen LogP contribution is 2.68. The van der Waals surface area contributed by atoms with Gasteiger partial charge in [0.15, 0.2) is 6.10 Å². The number of aliphatic hydroxyl groups is 1. The summed E-state index contributed by atoms with van der Waals surface area (Å²) in [6.45, 7) is 9.79. The first kappa shape index (κ1) is 39.1. The monoisotopic (exact) mass is 794 g/mol. The van der Waals surface area contributed by atoms with Gasteiger partial charge in [-0.25, -0.2) is 4.79 Å². The van der Waals surface area contributed by atoms with Crippen molar-refractivity contribution in [2.24, 2.45) is 17.3 Å². The molecule has 2 aromatic carbocycles. The van der Waals surface area contributed by atoms with Crippen LogP contribution in [0.4, 0.5) is 5.69 Å². The number of ether oxygens (including phenoxy) is 4. The van der Waals surface area contributed by atoms with Crippen LogP contribution in [0.5, 0.6) is 5.75 Å². The Morgan fingerprint density at radius 1 is 0.983 bits per heavy atom. The lowest BCUT2D eigenvalue weighted by atomic mass is 9.47. The topological polar surface area (TPSA) is 134 Å². The third kappa shape index (κ3) is 5.00. The van der Waals surface area contributed by atoms with Gasteiger partial charge in [0.05, 0.1) is 27.4 Å². The Morgan fingerprint density at radius 3 is 2.47 bits per heavy atom. The maximum absolute atomic E-state index is 15.3. The number of nitrogens with one attached hydrogen (secondary N) is 1. The number of nitrogens with zero attached hydrogens (tertiary/aromatic N) is 3. The van der Waals surface area contributed by atoms with Gasteiger partial charge >= 0.3 is 17.9 Å². The molecule has 1 unspecified atom stereocenters. The van der Waals surface area contributed by atoms with Crippen molar-refractivity contribution in [2.75, 3.05) is 66.0 Å². The number of fused-ring (bicyclic) bond motifs is 6. The summed E-state index contributed by atoms with van der Waals surface area (Å²) in [5, 5.41) is 14.4. The summed E-state index contributed by atoms with van der Waals surface area (Å²) >= 11 is 0. The molecule has 2 saturated heterocycles. The van der Waals surface area contributed by atoms with Crippen LogP contribution in [-0.4, -0.2) is 123 Å². The number of rotatable bonds is 7. The number of carbonyl (C=O) groups excluding carboxylic acids is 3. The summed E-state index contributed by atoms with van der Waals surface area (Å²) in [5.41, 5.74) is -0.0554. The van der Waals surface area contributed by atoms with E-state index in [1.54, 1.807) is 7.11 Å². The lowest BCUT2D eigenvalue weighted by Gasteiger charge is -2.63. The molecule has 6 heterocycles. The number of benzene rings is 2. The summed E-state index contributed by atoms with van der Waals surface area (Å²) < 4.78 is 24.0. The number of hydrogen-bond donors (Lipinski definition) is 2. The van der Waals surface area contributed by atoms with Crippen LogP contribution in [-0.2, 0) is 45.8 Å². The molecule has 0 radical (unpaired) electrons. The van der Waals surface area contributed by atoms with Crippen molar-refractivity contribution in [3.8, 4) is 5.75 Å². The number of piperidine rings is 1. The Morgan fingerprint density at radius 2 is 1.76 bits per heavy atom. The molecule has 10 atom stereocenters. The first-order valence-electron chi connectivity index (χ1n) is 21.2. The largest absolute Gasteiger partial charge is 0.496 e. The minimum absolute atomic E-state index is 0.184. The number of para-hydroxylation sites is 1. The van der Waals surface area contributed by atoms with Gasteiger partial charge in [0.2, 0.25) is 5.60 Å². The van der Waals surface area contributed by atoms with Gasteiger partial charge in [-0.3, -0.25) is 14.5 Å². The molecule has 6 aliphatic rings. The molecule has 310 valence electrons. The molecule has 3 aromatic rings. The van der Waals surface area contributed by atoms with Gasteiger partial charge < -0.3 is 38.8 Å². The number of aromatic amines is 1. The smallest absolute Gasteiger partial charge is 0.344 e. The lowest BCUT2D eigenvalue weighted by molar-refractivity contribution is -0.228. The summed E-state index contributed by atoms with van der Waals surface area (Å²) in [5.74, 6) is -0.578. The Bertz CT molecular complexity index is 2200. The van der Waals surface area contributed by atoms with Crippen molar-refractivity contribution in [3.63, 3.8) is 0 Å². The first-order chi connectivity index (χ1) is 27.9. The number of H-pyrrole nitrogens is 1. The lowest BCUT2D eigenvalue weighted by Crippen LogP contribution is -2.81. The standard InChI is InChI=1S/C46H58N4O8/c1-8-28-21-29-24-45(41(52)56-6,37-31(15-19-49(25-28)26-29)30-13-10-11-14-34(30)47-37)33-22-32-35(23-36(33)55-5)48(4)39-44(32)17-20-50-18-12-16-43(9-2,38(44)50)40(58-27(3)51)46(39,54)42(53)57-7/h10-14,16,22-23,28-29,38-40,47,54H,8-9,15,17-21,24-26H2,1-7H3/t28-,29-,38+,39+,40-,43-,44+,45-,46-/m1/s1. The van der Waals surface area contributed by atoms with E-state index in [-0.39, 0.29) is 17.9 Å². The normalized spacial score (nSPS) is 36.1. The number of hydrogen-bond acceptors (Lipinski definition) is 11. The average molecular weight is 795 g/mol. The van der Waals surface area contributed by atoms with Crippen molar-refractivity contribution < 1.29 is 38.4 Å². The van der Waals surface area contributed by atoms with Crippen molar-refractivity contribution >= 4 is 34.5 Å². The van der Waals surface area contributed by atoms with Gasteiger partial charge in [-0.05, 0) is 73.7 Å². The summed E-state index contributed by atoms with van der Waals surface area (Å²) in [4.78, 5) is 53.5. The van der Waals surface area contributed by atoms with Gasteiger partial charge in [-0.1, -0.05) is 50.6 Å². The van der Waals surface area contributed by atoms with Crippen LogP contribution in [0.3, 0.4) is 0 Å². The van der Waals surface area contributed by atoms with Crippen LogP contribution in [0, 0.1) is 17.3 Å². The van der Waals surface area contributed by atoms with Gasteiger partial charge in [-0.2, -0.15) is 0 Å². The third-order valence-corrected chi connectivity index (χ3v) is 15.5. The van der Waals surface area contributed by atoms with E-state index in [4.69, 9.17) is 18.9 Å². The Hall–Kier alpha value is -4.39. The van der Waals surface area contributed by atoms with Crippen LogP contribution in [0.15, 0.2) is 48.6 Å². The highest BCUT2D eigenvalue weighted by Gasteiger charge is 2.80. The first-order valence-corrected chi connectivity index (χ1v) is 21.2. The molecular formula is C46H58N4O8. The fraction of sp³-hybridized carbons (Fsp3) is 0.587. The molecule has 1 aliphatic carbocycles. The minimum atomic E-state index is -2.27. The molecule has 1 aromatic heterocycles. The number of esters is 3. The fourth-order valence-electron chi connectivity index (χ4n) is 13.5. The van der Waals surface area contributed by atoms with E-state index in [0.29, 0.717) is 49.6 Å². The Kier molecular flexibility index (Phi) is 9.33. The molecule has 12 nitrogen and oxygen atoms in total. The molecule has 1 spiro atoms. The van der Waals surface area contributed by atoms with E-state index >= 15 is 4.79 Å². The van der Waals surface area contributed by atoms with E-state index in [1.165, 1.54) is 21.1 Å². The molecular weight excluding hydrogens is 737 g/mol. The second kappa shape index (κ2) is 13.8. The predicted molar refractivity (Wildman–Crippen MR) is 219 cm³/mol. The van der Waals surface area contributed by atoms with Crippen LogP contribution < -0.4 is 9.64 Å². The molecule has 3 fully saturated rings. The van der Waals surface area contributed by atoms with Crippen molar-refractivity contribution in [2.45, 2.75) is 93.9 Å². The number of methoxy groups -OCH3 is 3. The van der Waals surface area contributed by atoms with Gasteiger partial charge in [0.1, 0.15) is 11.2 Å². The summed E-state index contributed by atoms with van der Waals surface area (Å²) in [6.07, 6.45) is 7.33. The fourth-order valence-corrected chi connectivity index (χ4v) is 13.5. The molecule has 5 aliphatic heterocycles. The highest BCUT2D eigenvalue weighted by atomic mass is 16.6. The van der Waals surface area contributed by atoms with Crippen molar-refractivity contribution in [1.82, 2.24) is 14.8 Å². The zero-order chi connectivity index (χ0) is 40.9. The molecule has 58 heavy (non-hydrogen) atoms. The zero-order valence-electron chi connectivity index (χ0n) is 34.9. The highest BCUT2D eigenvalue weighted by molar-refractivity contribution is 5.95. The van der Waals surface area contributed by atoms with Crippen LogP contribution in [0.25, 0.3) is 10.9 Å². The maximum atomic E-state index is 15.3. The Labute approximate surface area is 340 Å². The molecule has 2 N–H and O–H groups in total. The summed E-state index contributed by atoms with van der Waals surface area (Å²) in [7, 11) is 6.28. The van der Waals surface area contributed by atoms with Crippen molar-refractivity contribution in [3.05, 3.63) is 70.9 Å². The Balaban J connectivity index is 1.36. The molecule has 9 rings (SSSR count). The van der Waals surface area contributed by atoms with Crippen LogP contribution >= 0.6 is 0 Å².